The van der Waals surface area contributed by atoms with Crippen molar-refractivity contribution < 1.29 is 74.5 Å². The van der Waals surface area contributed by atoms with Gasteiger partial charge in [-0.05, 0) is 142 Å². The molecule has 0 amide bonds. The molecule has 4 spiro atoms. The smallest absolute Gasteiger partial charge is 0.181 e. The first-order valence-electron chi connectivity index (χ1n) is 34.5. The summed E-state index contributed by atoms with van der Waals surface area (Å²) in [5.74, 6) is -1.11. The molecule has 20 rings (SSSR count). The first-order chi connectivity index (χ1) is 45.6. The maximum atomic E-state index is 15.1. The van der Waals surface area contributed by atoms with Crippen molar-refractivity contribution in [2.75, 3.05) is 52.4 Å². The summed E-state index contributed by atoms with van der Waals surface area (Å²) >= 11 is 0. The molecule has 11 unspecified atom stereocenters. The fraction of sp³-hybridized carbons (Fsp3) is 0.526. The molecule has 8 aliphatic carbocycles. The second-order valence-electron chi connectivity index (χ2n) is 31.1. The van der Waals surface area contributed by atoms with Crippen molar-refractivity contribution >= 4 is 11.6 Å². The zero-order chi connectivity index (χ0) is 65.4. The predicted molar refractivity (Wildman–Crippen MR) is 345 cm³/mol. The Morgan fingerprint density at radius 2 is 0.800 bits per heavy atom. The van der Waals surface area contributed by atoms with E-state index >= 15 is 9.59 Å². The molecule has 19 heteroatoms. The summed E-state index contributed by atoms with van der Waals surface area (Å²) in [6.45, 7) is 20.9. The second kappa shape index (κ2) is 19.0. The van der Waals surface area contributed by atoms with E-state index < -0.39 is 85.9 Å². The molecule has 8 bridgehead atoms. The van der Waals surface area contributed by atoms with Gasteiger partial charge in [0.2, 0.25) is 0 Å². The van der Waals surface area contributed by atoms with Crippen LogP contribution in [0, 0.1) is 11.8 Å². The molecule has 19 atom stereocenters. The highest BCUT2D eigenvalue weighted by atomic mass is 16.5. The third kappa shape index (κ3) is 6.45. The average Bonchev–Trinajstić information content (AvgIpc) is 1.59. The highest BCUT2D eigenvalue weighted by Gasteiger charge is 2.83. The van der Waals surface area contributed by atoms with Crippen LogP contribution in [0.2, 0.25) is 0 Å². The lowest BCUT2D eigenvalue weighted by Crippen LogP contribution is -2.83. The standard InChI is InChI=1S/C38H42N2O8.C38H40N2O7/c1-3-13-39-16-12-35-28-21-6-8-24(42)31(28)48-33(35)36(44,9-10-37(35,45)25(39)17-21)22-19-38(46)26-18-20-5-7-23(41)30-27(20)34(38,32(47-30)29(22)43)11-15-40(26)14-4-2;1-3-13-39-15-11-35-28-20-5-7-24(41)31(28)46-33(35)22(9-10-37(35,44)26(39)17-20)23-19-38(45)27-18-21-6-8-25(42)32-29(21)36(38,34(47-32)30(23)43)12-16-40(27)14-4-2/h3-8,22,25-26,32-33,41-42,44-46H,1-2,9-19H2;3-9,23,26-27,33-34,41-42,44-45H,1-2,10-19H2/t22?,25?,26?,32?,33?,34-,35-,36?,37+,38+;23?,26?,27?,33?,34?,35-,36-,37+,38+/m00/s1. The van der Waals surface area contributed by atoms with Gasteiger partial charge in [0.1, 0.15) is 17.8 Å². The van der Waals surface area contributed by atoms with Gasteiger partial charge in [-0.3, -0.25) is 29.2 Å². The molecule has 8 aliphatic heterocycles. The van der Waals surface area contributed by atoms with E-state index in [-0.39, 0.29) is 95.9 Å². The first-order valence-corrected chi connectivity index (χ1v) is 34.5. The van der Waals surface area contributed by atoms with E-state index in [1.165, 1.54) is 0 Å². The van der Waals surface area contributed by atoms with Gasteiger partial charge in [0.15, 0.2) is 69.8 Å². The number of piperidine rings is 4. The van der Waals surface area contributed by atoms with Crippen molar-refractivity contribution in [2.24, 2.45) is 11.8 Å². The fourth-order valence-corrected chi connectivity index (χ4v) is 24.8. The Balaban J connectivity index is 0.000000134. The van der Waals surface area contributed by atoms with E-state index in [4.69, 9.17) is 18.9 Å². The minimum Gasteiger partial charge on any atom is -0.504 e. The molecule has 0 aromatic heterocycles. The van der Waals surface area contributed by atoms with Gasteiger partial charge in [0.25, 0.3) is 0 Å². The molecule has 0 radical (unpaired) electrons. The topological polar surface area (TPSA) is 266 Å². The number of aliphatic hydroxyl groups is 5. The normalized spacial score (nSPS) is 43.0. The number of ketones is 2. The van der Waals surface area contributed by atoms with Gasteiger partial charge >= 0.3 is 0 Å². The van der Waals surface area contributed by atoms with Crippen LogP contribution in [0.4, 0.5) is 0 Å². The number of nitrogens with zero attached hydrogens (tertiary/aromatic N) is 4. The van der Waals surface area contributed by atoms with Crippen molar-refractivity contribution in [3.05, 3.63) is 155 Å². The van der Waals surface area contributed by atoms with Crippen LogP contribution in [0.5, 0.6) is 46.0 Å². The van der Waals surface area contributed by atoms with Crippen LogP contribution in [0.25, 0.3) is 0 Å². The van der Waals surface area contributed by atoms with E-state index in [1.54, 1.807) is 24.3 Å². The number of rotatable bonds is 10. The third-order valence-corrected chi connectivity index (χ3v) is 28.3. The van der Waals surface area contributed by atoms with Crippen LogP contribution in [0.3, 0.4) is 0 Å². The molecule has 9 N–H and O–H groups in total. The number of phenolic OH excluding ortho intramolecular Hbond substituents is 4. The molecular formula is C76H82N4O15. The Morgan fingerprint density at radius 3 is 1.25 bits per heavy atom. The Morgan fingerprint density at radius 1 is 0.432 bits per heavy atom. The average molecular weight is 1290 g/mol. The number of ether oxygens (including phenoxy) is 4. The maximum absolute atomic E-state index is 15.1. The summed E-state index contributed by atoms with van der Waals surface area (Å²) in [5, 5.41) is 110. The molecule has 16 aliphatic rings. The van der Waals surface area contributed by atoms with Gasteiger partial charge in [0, 0.05) is 98.2 Å². The number of carbonyl (C=O) groups is 2. The van der Waals surface area contributed by atoms with Crippen LogP contribution < -0.4 is 18.9 Å². The zero-order valence-electron chi connectivity index (χ0n) is 53.2. The molecule has 496 valence electrons. The molecule has 3 saturated carbocycles. The highest BCUT2D eigenvalue weighted by Crippen LogP contribution is 2.74. The number of hydrogen-bond acceptors (Lipinski definition) is 19. The fourth-order valence-electron chi connectivity index (χ4n) is 24.8. The summed E-state index contributed by atoms with van der Waals surface area (Å²) < 4.78 is 26.5. The van der Waals surface area contributed by atoms with Gasteiger partial charge in [0.05, 0.1) is 50.0 Å². The zero-order valence-corrected chi connectivity index (χ0v) is 53.2. The Bertz CT molecular complexity index is 4230. The molecule has 7 fully saturated rings. The van der Waals surface area contributed by atoms with Crippen LogP contribution in [0.1, 0.15) is 102 Å². The van der Waals surface area contributed by atoms with Crippen molar-refractivity contribution in [2.45, 2.75) is 182 Å². The highest BCUT2D eigenvalue weighted by molar-refractivity contribution is 5.95. The maximum Gasteiger partial charge on any atom is 0.181 e. The number of carbonyl (C=O) groups excluding carboxylic acids is 2. The van der Waals surface area contributed by atoms with Crippen LogP contribution in [0.15, 0.2) is 111 Å². The van der Waals surface area contributed by atoms with Gasteiger partial charge in [-0.2, -0.15) is 0 Å². The lowest BCUT2D eigenvalue weighted by atomic mass is 9.42. The minimum atomic E-state index is -1.80. The molecule has 4 aromatic carbocycles. The molecule has 4 saturated heterocycles. The molecular weight excluding hydrogens is 1210 g/mol. The van der Waals surface area contributed by atoms with Crippen molar-refractivity contribution in [1.82, 2.24) is 19.6 Å². The quantitative estimate of drug-likeness (QED) is 0.0965. The van der Waals surface area contributed by atoms with Crippen LogP contribution in [-0.2, 0) is 56.9 Å². The van der Waals surface area contributed by atoms with Gasteiger partial charge in [-0.1, -0.05) is 54.6 Å². The SMILES string of the molecule is C=CCN1CC[C@]23c4c5ccc(O)c4OC2C(=O)C(C2(O)CC[C@@]4(O)C6Cc7ccc(O)c8c7[C@@]4(CCN6CC=C)C2O8)C[C@@]3(O)C1C5.C=CCN1CC[C@]23c4c5ccc(O)c4OC2C(=O)C(C2=CC[C@@]4(O)C6Cc7ccc(O)c8c7[C@@]4(CCN6CC=C)C2O8)C[C@@]3(O)C1C5. The number of aromatic hydroxyl groups is 4. The van der Waals surface area contributed by atoms with E-state index in [1.807, 2.05) is 54.6 Å². The summed E-state index contributed by atoms with van der Waals surface area (Å²) in [7, 11) is 0. The Kier molecular flexibility index (Phi) is 11.8. The molecule has 19 nitrogen and oxygen atoms in total. The molecule has 4 aromatic rings. The first kappa shape index (κ1) is 59.2. The van der Waals surface area contributed by atoms with Crippen LogP contribution in [-0.4, -0.2) is 206 Å². The van der Waals surface area contributed by atoms with E-state index in [2.05, 4.69) is 45.9 Å². The second-order valence-corrected chi connectivity index (χ2v) is 31.1. The van der Waals surface area contributed by atoms with Gasteiger partial charge in [-0.15, -0.1) is 26.3 Å². The van der Waals surface area contributed by atoms with Gasteiger partial charge in [-0.25, -0.2) is 0 Å². The molecule has 95 heavy (non-hydrogen) atoms. The number of hydrogen-bond donors (Lipinski definition) is 9. The van der Waals surface area contributed by atoms with Gasteiger partial charge < -0.3 is 64.9 Å². The summed E-state index contributed by atoms with van der Waals surface area (Å²) in [6, 6.07) is 13.0. The number of phenols is 4. The lowest BCUT2D eigenvalue weighted by Gasteiger charge is -2.68. The van der Waals surface area contributed by atoms with Crippen molar-refractivity contribution in [3.63, 3.8) is 0 Å². The minimum absolute atomic E-state index is 0.0101. The molecule has 8 heterocycles. The van der Waals surface area contributed by atoms with Crippen molar-refractivity contribution in [1.29, 1.82) is 0 Å². The summed E-state index contributed by atoms with van der Waals surface area (Å²) in [5.41, 5.74) is -3.23. The predicted octanol–water partition coefficient (Wildman–Crippen LogP) is 4.81. The third-order valence-electron chi connectivity index (χ3n) is 28.3. The number of Topliss-reactive ketones (excluding diaryl/α,β-unsaturated/α-hetero) is 2. The Labute approximate surface area is 550 Å². The largest absolute Gasteiger partial charge is 0.504 e. The monoisotopic (exact) mass is 1290 g/mol. The van der Waals surface area contributed by atoms with Crippen LogP contribution >= 0.6 is 0 Å². The Hall–Kier alpha value is -7.04. The van der Waals surface area contributed by atoms with E-state index in [9.17, 15) is 46.0 Å². The number of likely N-dealkylation sites (tertiary alicyclic amines) is 4. The van der Waals surface area contributed by atoms with E-state index in [0.717, 1.165) is 50.1 Å². The van der Waals surface area contributed by atoms with E-state index in [0.29, 0.717) is 122 Å². The summed E-state index contributed by atoms with van der Waals surface area (Å²) in [4.78, 5) is 39.1. The number of benzene rings is 4. The van der Waals surface area contributed by atoms with Crippen molar-refractivity contribution in [3.8, 4) is 46.0 Å². The summed E-state index contributed by atoms with van der Waals surface area (Å²) in [6.07, 6.45) is 10.6. The lowest BCUT2D eigenvalue weighted by molar-refractivity contribution is -0.261.